The normalized spacial score (nSPS) is 24.4. The lowest BCUT2D eigenvalue weighted by molar-refractivity contribution is -0.136. The quantitative estimate of drug-likeness (QED) is 0.242. The molecule has 258 valence electrons. The van der Waals surface area contributed by atoms with Gasteiger partial charge in [-0.2, -0.15) is 9.97 Å². The van der Waals surface area contributed by atoms with Gasteiger partial charge in [-0.05, 0) is 86.1 Å². The van der Waals surface area contributed by atoms with Crippen molar-refractivity contribution < 1.29 is 23.8 Å². The first-order valence-corrected chi connectivity index (χ1v) is 18.7. The van der Waals surface area contributed by atoms with Crippen molar-refractivity contribution in [2.24, 2.45) is 0 Å². The number of fused-ring (bicyclic) bond motifs is 5. The maximum atomic E-state index is 16.9. The van der Waals surface area contributed by atoms with Crippen LogP contribution in [-0.2, 0) is 9.59 Å². The van der Waals surface area contributed by atoms with E-state index in [-0.39, 0.29) is 53.1 Å². The first kappa shape index (κ1) is 31.9. The Balaban J connectivity index is 1.08. The number of thiocarbonyl (C=S) groups is 1. The topological polar surface area (TPSA) is 111 Å². The summed E-state index contributed by atoms with van der Waals surface area (Å²) in [5, 5.41) is 14.9. The van der Waals surface area contributed by atoms with Gasteiger partial charge < -0.3 is 25.0 Å². The summed E-state index contributed by atoms with van der Waals surface area (Å²) in [5.74, 6) is -0.117. The molecule has 6 heterocycles. The van der Waals surface area contributed by atoms with Gasteiger partial charge in [-0.15, -0.1) is 0 Å². The van der Waals surface area contributed by atoms with Gasteiger partial charge in [-0.1, -0.05) is 54.3 Å². The zero-order valence-corrected chi connectivity index (χ0v) is 29.1. The van der Waals surface area contributed by atoms with Crippen LogP contribution in [0.1, 0.15) is 44.9 Å². The molecule has 5 aliphatic heterocycles. The molecule has 2 bridgehead atoms. The summed E-state index contributed by atoms with van der Waals surface area (Å²) >= 11 is 6.38. The van der Waals surface area contributed by atoms with Crippen molar-refractivity contribution in [3.8, 4) is 22.9 Å². The molecule has 9 rings (SSSR count). The van der Waals surface area contributed by atoms with E-state index in [1.54, 1.807) is 18.2 Å². The molecule has 5 aliphatic rings. The van der Waals surface area contributed by atoms with Gasteiger partial charge in [0.05, 0.1) is 10.8 Å². The van der Waals surface area contributed by atoms with Crippen molar-refractivity contribution in [2.45, 2.75) is 67.8 Å². The van der Waals surface area contributed by atoms with E-state index in [0.29, 0.717) is 46.3 Å². The second-order valence-electron chi connectivity index (χ2n) is 14.3. The number of aromatic hydroxyl groups is 1. The number of amides is 2. The van der Waals surface area contributed by atoms with Crippen molar-refractivity contribution in [2.75, 3.05) is 37.7 Å². The second-order valence-corrected chi connectivity index (χ2v) is 16.1. The number of hydrogen-bond acceptors (Lipinski definition) is 10. The fourth-order valence-electron chi connectivity index (χ4n) is 9.09. The van der Waals surface area contributed by atoms with Gasteiger partial charge in [-0.3, -0.25) is 14.5 Å². The van der Waals surface area contributed by atoms with Crippen LogP contribution >= 0.6 is 24.0 Å². The molecular formula is C37H37FN6O4S2. The van der Waals surface area contributed by atoms with Gasteiger partial charge in [0.2, 0.25) is 11.8 Å². The highest BCUT2D eigenvalue weighted by Crippen LogP contribution is 2.42. The summed E-state index contributed by atoms with van der Waals surface area (Å²) in [6.07, 6.45) is 6.16. The van der Waals surface area contributed by atoms with E-state index in [1.807, 2.05) is 35.2 Å². The first-order valence-electron chi connectivity index (χ1n) is 17.4. The lowest BCUT2D eigenvalue weighted by Crippen LogP contribution is -2.56. The van der Waals surface area contributed by atoms with Crippen molar-refractivity contribution in [3.05, 3.63) is 54.3 Å². The van der Waals surface area contributed by atoms with Crippen molar-refractivity contribution in [3.63, 3.8) is 0 Å². The number of nitrogens with one attached hydrogen (secondary N) is 1. The number of thioether (sulfide) groups is 1. The van der Waals surface area contributed by atoms with Crippen molar-refractivity contribution in [1.82, 2.24) is 25.1 Å². The Morgan fingerprint density at radius 1 is 1.04 bits per heavy atom. The Labute approximate surface area is 298 Å². The Morgan fingerprint density at radius 2 is 1.80 bits per heavy atom. The van der Waals surface area contributed by atoms with E-state index in [9.17, 15) is 14.7 Å². The number of hydrogen-bond donors (Lipinski definition) is 2. The molecule has 5 saturated heterocycles. The predicted octanol–water partition coefficient (Wildman–Crippen LogP) is 5.39. The molecule has 50 heavy (non-hydrogen) atoms. The average molecular weight is 713 g/mol. The molecule has 3 atom stereocenters. The summed E-state index contributed by atoms with van der Waals surface area (Å²) < 4.78 is 23.8. The minimum Gasteiger partial charge on any atom is -0.508 e. The summed E-state index contributed by atoms with van der Waals surface area (Å²) in [7, 11) is 0. The van der Waals surface area contributed by atoms with Crippen LogP contribution in [0, 0.1) is 5.82 Å². The van der Waals surface area contributed by atoms with Crippen LogP contribution in [0.5, 0.6) is 11.8 Å². The molecule has 1 unspecified atom stereocenters. The van der Waals surface area contributed by atoms with Gasteiger partial charge in [-0.25, -0.2) is 4.39 Å². The van der Waals surface area contributed by atoms with Gasteiger partial charge in [0.15, 0.2) is 5.82 Å². The van der Waals surface area contributed by atoms with Crippen molar-refractivity contribution >= 4 is 67.6 Å². The van der Waals surface area contributed by atoms with E-state index in [0.717, 1.165) is 62.4 Å². The summed E-state index contributed by atoms with van der Waals surface area (Å²) in [5.41, 5.74) is 1.03. The molecule has 0 spiro atoms. The van der Waals surface area contributed by atoms with Gasteiger partial charge >= 0.3 is 6.01 Å². The molecule has 2 N–H and O–H groups in total. The van der Waals surface area contributed by atoms with E-state index in [4.69, 9.17) is 26.9 Å². The molecule has 4 aromatic rings. The van der Waals surface area contributed by atoms with Crippen molar-refractivity contribution in [1.29, 1.82) is 0 Å². The summed E-state index contributed by atoms with van der Waals surface area (Å²) in [6, 6.07) is 14.5. The van der Waals surface area contributed by atoms with E-state index in [2.05, 4.69) is 15.1 Å². The van der Waals surface area contributed by atoms with Crippen LogP contribution < -0.4 is 15.0 Å². The lowest BCUT2D eigenvalue weighted by Gasteiger charge is -2.42. The second kappa shape index (κ2) is 12.3. The van der Waals surface area contributed by atoms with E-state index >= 15 is 4.39 Å². The average Bonchev–Trinajstić information content (AvgIpc) is 3.84. The maximum Gasteiger partial charge on any atom is 0.319 e. The Bertz CT molecular complexity index is 2060. The Kier molecular flexibility index (Phi) is 7.85. The monoisotopic (exact) mass is 712 g/mol. The number of aromatic nitrogens is 2. The number of rotatable bonds is 7. The van der Waals surface area contributed by atoms with Crippen LogP contribution in [0.15, 0.2) is 48.5 Å². The minimum absolute atomic E-state index is 0.0390. The Hall–Kier alpha value is -4.07. The molecule has 5 fully saturated rings. The van der Waals surface area contributed by atoms with E-state index < -0.39 is 11.1 Å². The number of benzene rings is 3. The number of phenolic OH excluding ortho intramolecular Hbond substituents is 1. The Morgan fingerprint density at radius 3 is 2.54 bits per heavy atom. The lowest BCUT2D eigenvalue weighted by atomic mass is 9.95. The van der Waals surface area contributed by atoms with Crippen LogP contribution in [-0.4, -0.2) is 96.7 Å². The van der Waals surface area contributed by atoms with Gasteiger partial charge in [0, 0.05) is 42.5 Å². The zero-order chi connectivity index (χ0) is 34.1. The number of carbonyl (C=O) groups excluding carboxylic acids is 2. The smallest absolute Gasteiger partial charge is 0.319 e. The number of ether oxygens (including phenoxy) is 1. The third-order valence-corrected chi connectivity index (χ3v) is 12.8. The van der Waals surface area contributed by atoms with Crippen LogP contribution in [0.3, 0.4) is 0 Å². The van der Waals surface area contributed by atoms with Crippen LogP contribution in [0.2, 0.25) is 0 Å². The first-order chi connectivity index (χ1) is 24.3. The zero-order valence-electron chi connectivity index (χ0n) is 27.4. The minimum atomic E-state index is -0.506. The number of anilines is 1. The highest BCUT2D eigenvalue weighted by Gasteiger charge is 2.46. The highest BCUT2D eigenvalue weighted by atomic mass is 32.2. The molecule has 1 aromatic heterocycles. The SMILES string of the molecule is O=C1NC(=S)SC1CC(=O)N1[C@@H]2CC[C@H]1CN(c1nc(OCC34CCCN3CCC4)nc3c(F)c(-c4cc(O)cc5ccccc45)ccc13)C2. The largest absolute Gasteiger partial charge is 0.508 e. The third-order valence-electron chi connectivity index (χ3n) is 11.4. The molecule has 2 amide bonds. The molecule has 10 nitrogen and oxygen atoms in total. The maximum absolute atomic E-state index is 16.9. The fourth-order valence-corrected chi connectivity index (χ4v) is 10.4. The number of phenols is 1. The molecular weight excluding hydrogens is 676 g/mol. The third kappa shape index (κ3) is 5.36. The fraction of sp³-hybridized carbons (Fsp3) is 0.432. The predicted molar refractivity (Wildman–Crippen MR) is 195 cm³/mol. The molecule has 3 aromatic carbocycles. The summed E-state index contributed by atoms with van der Waals surface area (Å²) in [6.45, 7) is 3.61. The van der Waals surface area contributed by atoms with E-state index in [1.165, 1.54) is 11.8 Å². The molecule has 13 heteroatoms. The van der Waals surface area contributed by atoms with Crippen LogP contribution in [0.25, 0.3) is 32.8 Å². The van der Waals surface area contributed by atoms with Gasteiger partial charge in [0.1, 0.15) is 28.0 Å². The highest BCUT2D eigenvalue weighted by molar-refractivity contribution is 8.24. The molecule has 0 radical (unpaired) electrons. The molecule has 0 saturated carbocycles. The number of carbonyl (C=O) groups is 2. The van der Waals surface area contributed by atoms with Crippen LogP contribution in [0.4, 0.5) is 10.2 Å². The number of piperazine rings is 1. The van der Waals surface area contributed by atoms with Gasteiger partial charge in [0.25, 0.3) is 0 Å². The molecule has 0 aliphatic carbocycles. The number of halogens is 1. The summed E-state index contributed by atoms with van der Waals surface area (Å²) in [4.78, 5) is 42.2. The standard InChI is InChI=1S/C37H37FN6O4S2/c38-31-26(28-16-24(45)15-21-5-1-2-6-25(21)28)9-10-27-32(31)39-35(48-20-37-11-3-13-43(37)14-4-12-37)40-33(27)42-18-22-7-8-23(19-42)44(22)30(46)17-29-34(47)41-36(49)50-29/h1-2,5-6,9-10,15-16,22-23,29,45H,3-4,7-8,11-14,17-20H2,(H,41,47,49)/t22-,23+,29?. The number of nitrogens with zero attached hydrogens (tertiary/aromatic N) is 5.